The first kappa shape index (κ1) is 13.5. The van der Waals surface area contributed by atoms with Crippen LogP contribution in [-0.2, 0) is 11.3 Å². The molecule has 0 aromatic carbocycles. The lowest BCUT2D eigenvalue weighted by Crippen LogP contribution is -2.20. The summed E-state index contributed by atoms with van der Waals surface area (Å²) < 4.78 is 1.05. The number of thiazole rings is 1. The van der Waals surface area contributed by atoms with Crippen LogP contribution in [0.4, 0.5) is 5.13 Å². The quantitative estimate of drug-likeness (QED) is 0.773. The van der Waals surface area contributed by atoms with Gasteiger partial charge in [0.05, 0.1) is 12.2 Å². The molecule has 5 nitrogen and oxygen atoms in total. The van der Waals surface area contributed by atoms with E-state index >= 15 is 0 Å². The van der Waals surface area contributed by atoms with Gasteiger partial charge in [-0.05, 0) is 27.4 Å². The Hall–Kier alpha value is -0.960. The highest BCUT2D eigenvalue weighted by Gasteiger charge is 2.17. The minimum Gasteiger partial charge on any atom is -0.480 e. The zero-order valence-electron chi connectivity index (χ0n) is 9.09. The maximum Gasteiger partial charge on any atom is 0.326 e. The fourth-order valence-corrected chi connectivity index (χ4v) is 3.42. The number of aromatic nitrogens is 1. The van der Waals surface area contributed by atoms with Gasteiger partial charge in [-0.2, -0.15) is 0 Å². The van der Waals surface area contributed by atoms with Gasteiger partial charge < -0.3 is 16.2 Å². The van der Waals surface area contributed by atoms with Crippen LogP contribution in [-0.4, -0.2) is 16.1 Å². The molecule has 0 saturated heterocycles. The summed E-state index contributed by atoms with van der Waals surface area (Å²) in [6, 6.07) is 0.917. The Bertz CT molecular complexity index is 555. The van der Waals surface area contributed by atoms with E-state index in [4.69, 9.17) is 10.8 Å². The Balaban J connectivity index is 1.99. The van der Waals surface area contributed by atoms with Crippen LogP contribution in [0, 0.1) is 0 Å². The summed E-state index contributed by atoms with van der Waals surface area (Å²) in [5, 5.41) is 16.2. The molecule has 96 valence electrons. The number of carboxylic acids is 1. The molecule has 4 N–H and O–H groups in total. The van der Waals surface area contributed by atoms with Crippen LogP contribution in [0.5, 0.6) is 0 Å². The van der Waals surface area contributed by atoms with Crippen molar-refractivity contribution >= 4 is 49.7 Å². The maximum absolute atomic E-state index is 10.7. The Morgan fingerprint density at radius 3 is 3.00 bits per heavy atom. The molecular formula is C10H10BrN3O2S2. The van der Waals surface area contributed by atoms with Crippen LogP contribution < -0.4 is 11.1 Å². The predicted octanol–water partition coefficient (Wildman–Crippen LogP) is 2.66. The molecule has 0 aliphatic carbocycles. The fourth-order valence-electron chi connectivity index (χ4n) is 1.24. The van der Waals surface area contributed by atoms with Crippen molar-refractivity contribution < 1.29 is 9.90 Å². The van der Waals surface area contributed by atoms with E-state index < -0.39 is 12.0 Å². The first-order chi connectivity index (χ1) is 8.58. The lowest BCUT2D eigenvalue weighted by molar-refractivity contribution is -0.138. The Morgan fingerprint density at radius 1 is 1.61 bits per heavy atom. The number of carboxylic acid groups (broad SMARTS) is 1. The van der Waals surface area contributed by atoms with Crippen LogP contribution in [0.15, 0.2) is 21.3 Å². The average Bonchev–Trinajstić information content (AvgIpc) is 2.94. The molecule has 2 rings (SSSR count). The molecule has 0 amide bonds. The monoisotopic (exact) mass is 347 g/mol. The molecule has 18 heavy (non-hydrogen) atoms. The first-order valence-corrected chi connectivity index (χ1v) is 7.52. The van der Waals surface area contributed by atoms with Gasteiger partial charge in [0.1, 0.15) is 6.04 Å². The Kier molecular flexibility index (Phi) is 4.33. The summed E-state index contributed by atoms with van der Waals surface area (Å²) in [5.74, 6) is -1.08. The molecule has 0 radical (unpaired) electrons. The molecule has 2 aromatic rings. The van der Waals surface area contributed by atoms with E-state index in [0.29, 0.717) is 17.4 Å². The number of aliphatic carboxylic acids is 1. The van der Waals surface area contributed by atoms with Crippen LogP contribution in [0.3, 0.4) is 0 Å². The number of halogens is 1. The number of hydrogen-bond acceptors (Lipinski definition) is 6. The third kappa shape index (κ3) is 3.08. The van der Waals surface area contributed by atoms with Gasteiger partial charge in [-0.15, -0.1) is 22.7 Å². The molecule has 0 aliphatic heterocycles. The van der Waals surface area contributed by atoms with Gasteiger partial charge in [-0.3, -0.25) is 4.79 Å². The number of carbonyl (C=O) groups is 1. The van der Waals surface area contributed by atoms with Crippen LogP contribution in [0.1, 0.15) is 16.6 Å². The lowest BCUT2D eigenvalue weighted by atomic mass is 10.2. The van der Waals surface area contributed by atoms with Crippen molar-refractivity contribution in [3.63, 3.8) is 0 Å². The zero-order chi connectivity index (χ0) is 13.1. The van der Waals surface area contributed by atoms with Crippen LogP contribution in [0.25, 0.3) is 0 Å². The van der Waals surface area contributed by atoms with Crippen LogP contribution in [0.2, 0.25) is 0 Å². The minimum atomic E-state index is -1.08. The summed E-state index contributed by atoms with van der Waals surface area (Å²) >= 11 is 6.43. The van der Waals surface area contributed by atoms with Gasteiger partial charge in [-0.25, -0.2) is 4.98 Å². The molecule has 0 bridgehead atoms. The number of nitrogens with zero attached hydrogens (tertiary/aromatic N) is 1. The van der Waals surface area contributed by atoms with E-state index in [1.807, 2.05) is 11.4 Å². The van der Waals surface area contributed by atoms with E-state index in [0.717, 1.165) is 9.35 Å². The highest BCUT2D eigenvalue weighted by Crippen LogP contribution is 2.25. The van der Waals surface area contributed by atoms with Crippen molar-refractivity contribution in [3.8, 4) is 0 Å². The van der Waals surface area contributed by atoms with Gasteiger partial charge in [0.25, 0.3) is 0 Å². The first-order valence-electron chi connectivity index (χ1n) is 4.97. The predicted molar refractivity (Wildman–Crippen MR) is 76.0 cm³/mol. The molecule has 1 unspecified atom stereocenters. The fraction of sp³-hybridized carbons (Fsp3) is 0.200. The summed E-state index contributed by atoms with van der Waals surface area (Å²) in [7, 11) is 0. The van der Waals surface area contributed by atoms with E-state index in [9.17, 15) is 4.79 Å². The van der Waals surface area contributed by atoms with Crippen molar-refractivity contribution in [2.75, 3.05) is 5.32 Å². The molecule has 0 saturated carbocycles. The van der Waals surface area contributed by atoms with Gasteiger partial charge in [-0.1, -0.05) is 0 Å². The van der Waals surface area contributed by atoms with Crippen molar-refractivity contribution in [2.45, 2.75) is 12.6 Å². The topological polar surface area (TPSA) is 88.2 Å². The van der Waals surface area contributed by atoms with Crippen molar-refractivity contribution in [1.82, 2.24) is 4.98 Å². The summed E-state index contributed by atoms with van der Waals surface area (Å²) in [6.45, 7) is 0.646. The molecule has 8 heteroatoms. The average molecular weight is 348 g/mol. The van der Waals surface area contributed by atoms with Gasteiger partial charge in [0.2, 0.25) is 0 Å². The van der Waals surface area contributed by atoms with Gasteiger partial charge >= 0.3 is 5.97 Å². The maximum atomic E-state index is 10.7. The number of thiophene rings is 1. The molecule has 1 atom stereocenters. The number of nitrogens with two attached hydrogens (primary N) is 1. The highest BCUT2D eigenvalue weighted by molar-refractivity contribution is 9.10. The molecular weight excluding hydrogens is 338 g/mol. The highest BCUT2D eigenvalue weighted by atomic mass is 79.9. The Morgan fingerprint density at radius 2 is 2.39 bits per heavy atom. The summed E-state index contributed by atoms with van der Waals surface area (Å²) in [6.07, 6.45) is 0. The lowest BCUT2D eigenvalue weighted by Gasteiger charge is -2.02. The normalized spacial score (nSPS) is 12.3. The van der Waals surface area contributed by atoms with Crippen molar-refractivity contribution in [2.24, 2.45) is 5.73 Å². The number of hydrogen-bond donors (Lipinski definition) is 3. The third-order valence-electron chi connectivity index (χ3n) is 2.20. The van der Waals surface area contributed by atoms with E-state index in [1.165, 1.54) is 11.3 Å². The van der Waals surface area contributed by atoms with Crippen molar-refractivity contribution in [3.05, 3.63) is 31.9 Å². The smallest absolute Gasteiger partial charge is 0.326 e. The number of nitrogens with one attached hydrogen (secondary N) is 1. The number of anilines is 1. The molecule has 0 aliphatic rings. The van der Waals surface area contributed by atoms with Crippen molar-refractivity contribution in [1.29, 1.82) is 0 Å². The Labute approximate surface area is 120 Å². The zero-order valence-corrected chi connectivity index (χ0v) is 12.3. The molecule has 0 fully saturated rings. The minimum absolute atomic E-state index is 0.375. The van der Waals surface area contributed by atoms with Crippen LogP contribution >= 0.6 is 38.6 Å². The van der Waals surface area contributed by atoms with Gasteiger partial charge in [0.15, 0.2) is 5.13 Å². The molecule has 2 heterocycles. The molecule has 2 aromatic heterocycles. The largest absolute Gasteiger partial charge is 0.480 e. The van der Waals surface area contributed by atoms with Gasteiger partial charge in [0, 0.05) is 14.7 Å². The summed E-state index contributed by atoms with van der Waals surface area (Å²) in [4.78, 5) is 16.0. The third-order valence-corrected chi connectivity index (χ3v) is 4.94. The molecule has 0 spiro atoms. The summed E-state index contributed by atoms with van der Waals surface area (Å²) in [5.41, 5.74) is 5.85. The second-order valence-electron chi connectivity index (χ2n) is 3.44. The van der Waals surface area contributed by atoms with E-state index in [-0.39, 0.29) is 0 Å². The second-order valence-corrected chi connectivity index (χ2v) is 6.15. The number of rotatable bonds is 5. The van der Waals surface area contributed by atoms with E-state index in [2.05, 4.69) is 26.2 Å². The standard InChI is InChI=1S/C10H10BrN3O2S2/c11-5-1-2-17-7(5)3-13-10-14-6(4-18-10)8(12)9(15)16/h1-2,4,8H,3,12H2,(H,13,14)(H,15,16). The second kappa shape index (κ2) is 5.79. The van der Waals surface area contributed by atoms with E-state index in [1.54, 1.807) is 16.7 Å². The SMILES string of the molecule is NC(C(=O)O)c1csc(NCc2sccc2Br)n1.